The first-order valence-electron chi connectivity index (χ1n) is 6.58. The molecule has 1 heterocycles. The molecule has 0 saturated heterocycles. The minimum atomic E-state index is -0.364. The van der Waals surface area contributed by atoms with Gasteiger partial charge in [-0.3, -0.25) is 0 Å². The zero-order chi connectivity index (χ0) is 12.6. The van der Waals surface area contributed by atoms with Gasteiger partial charge in [-0.05, 0) is 19.3 Å². The molecule has 96 valence electrons. The summed E-state index contributed by atoms with van der Waals surface area (Å²) < 4.78 is 11.0. The fourth-order valence-electron chi connectivity index (χ4n) is 2.82. The van der Waals surface area contributed by atoms with E-state index in [1.807, 2.05) is 0 Å². The minimum Gasteiger partial charge on any atom is -0.370 e. The third-order valence-electron chi connectivity index (χ3n) is 4.17. The Morgan fingerprint density at radius 2 is 2.17 bits per heavy atom. The van der Waals surface area contributed by atoms with Crippen LogP contribution in [-0.4, -0.2) is 17.3 Å². The van der Waals surface area contributed by atoms with Crippen LogP contribution in [0.3, 0.4) is 0 Å². The fraction of sp³-hybridized carbons (Fsp3) is 0.769. The predicted octanol–water partition coefficient (Wildman–Crippen LogP) is 2.50. The molecule has 2 unspecified atom stereocenters. The van der Waals surface area contributed by atoms with Crippen molar-refractivity contribution in [1.82, 2.24) is 10.1 Å². The van der Waals surface area contributed by atoms with Crippen LogP contribution in [0, 0.1) is 17.2 Å². The smallest absolute Gasteiger partial charge is 0.231 e. The highest BCUT2D eigenvalue weighted by Crippen LogP contribution is 2.47. The molecule has 2 atom stereocenters. The van der Waals surface area contributed by atoms with Crippen LogP contribution in [0.5, 0.6) is 0 Å². The van der Waals surface area contributed by atoms with E-state index in [2.05, 4.69) is 16.2 Å². The Balaban J connectivity index is 1.81. The van der Waals surface area contributed by atoms with Crippen molar-refractivity contribution < 1.29 is 9.26 Å². The van der Waals surface area contributed by atoms with E-state index in [-0.39, 0.29) is 17.4 Å². The van der Waals surface area contributed by atoms with Crippen LogP contribution in [0.15, 0.2) is 4.52 Å². The second kappa shape index (κ2) is 4.36. The molecule has 0 N–H and O–H groups in total. The van der Waals surface area contributed by atoms with Crippen LogP contribution < -0.4 is 0 Å². The summed E-state index contributed by atoms with van der Waals surface area (Å²) in [7, 11) is 1.72. The van der Waals surface area contributed by atoms with E-state index in [1.54, 1.807) is 7.11 Å². The molecule has 2 aliphatic rings. The minimum absolute atomic E-state index is 0.0585. The predicted molar refractivity (Wildman–Crippen MR) is 62.5 cm³/mol. The summed E-state index contributed by atoms with van der Waals surface area (Å²) in [5.74, 6) is 1.48. The van der Waals surface area contributed by atoms with E-state index in [1.165, 1.54) is 6.42 Å². The number of methoxy groups -OCH3 is 1. The van der Waals surface area contributed by atoms with Crippen molar-refractivity contribution in [2.75, 3.05) is 7.11 Å². The molecule has 0 bridgehead atoms. The lowest BCUT2D eigenvalue weighted by molar-refractivity contribution is -0.0527. The molecule has 1 aromatic rings. The van der Waals surface area contributed by atoms with E-state index in [0.717, 1.165) is 32.1 Å². The summed E-state index contributed by atoms with van der Waals surface area (Å²) in [5.41, 5.74) is -0.364. The van der Waals surface area contributed by atoms with E-state index in [4.69, 9.17) is 14.5 Å². The lowest BCUT2D eigenvalue weighted by Gasteiger charge is -2.32. The molecule has 1 aromatic heterocycles. The number of rotatable bonds is 3. The Morgan fingerprint density at radius 3 is 2.78 bits per heavy atom. The van der Waals surface area contributed by atoms with Crippen molar-refractivity contribution in [2.45, 2.75) is 50.0 Å². The van der Waals surface area contributed by atoms with Gasteiger partial charge in [-0.2, -0.15) is 10.2 Å². The van der Waals surface area contributed by atoms with Gasteiger partial charge in [0, 0.05) is 7.11 Å². The summed E-state index contributed by atoms with van der Waals surface area (Å²) in [6.45, 7) is 0. The Kier molecular flexibility index (Phi) is 2.83. The zero-order valence-corrected chi connectivity index (χ0v) is 10.6. The molecule has 18 heavy (non-hydrogen) atoms. The van der Waals surface area contributed by atoms with E-state index >= 15 is 0 Å². The number of aromatic nitrogens is 2. The van der Waals surface area contributed by atoms with Crippen LogP contribution in [0.2, 0.25) is 0 Å². The van der Waals surface area contributed by atoms with Gasteiger partial charge in [-0.15, -0.1) is 0 Å². The van der Waals surface area contributed by atoms with E-state index in [9.17, 15) is 0 Å². The molecular weight excluding hydrogens is 230 g/mol. The highest BCUT2D eigenvalue weighted by atomic mass is 16.5. The normalized spacial score (nSPS) is 29.8. The van der Waals surface area contributed by atoms with Crippen LogP contribution in [-0.2, 0) is 10.3 Å². The second-order valence-electron chi connectivity index (χ2n) is 5.29. The quantitative estimate of drug-likeness (QED) is 0.820. The van der Waals surface area contributed by atoms with Crippen LogP contribution in [0.1, 0.15) is 56.2 Å². The molecule has 0 spiro atoms. The molecular formula is C13H17N3O2. The molecule has 0 amide bonds. The maximum absolute atomic E-state index is 8.83. The van der Waals surface area contributed by atoms with Crippen molar-refractivity contribution in [2.24, 2.45) is 5.92 Å². The highest BCUT2D eigenvalue weighted by Gasteiger charge is 2.45. The van der Waals surface area contributed by atoms with Gasteiger partial charge in [0.1, 0.15) is 5.60 Å². The van der Waals surface area contributed by atoms with Gasteiger partial charge in [0.25, 0.3) is 0 Å². The standard InChI is InChI=1S/C13H17N3O2/c1-17-13(5-3-2-4-6-13)12-15-11(18-16-12)10-7-9(10)8-14/h9-10H,2-7H2,1H3. The summed E-state index contributed by atoms with van der Waals surface area (Å²) in [4.78, 5) is 4.48. The molecule has 0 aromatic carbocycles. The number of hydrogen-bond donors (Lipinski definition) is 0. The van der Waals surface area contributed by atoms with Gasteiger partial charge in [0.2, 0.25) is 11.7 Å². The molecule has 3 rings (SSSR count). The topological polar surface area (TPSA) is 71.9 Å². The van der Waals surface area contributed by atoms with Gasteiger partial charge in [-0.25, -0.2) is 0 Å². The molecule has 5 nitrogen and oxygen atoms in total. The van der Waals surface area contributed by atoms with Crippen molar-refractivity contribution >= 4 is 0 Å². The van der Waals surface area contributed by atoms with Gasteiger partial charge in [0.15, 0.2) is 0 Å². The Hall–Kier alpha value is -1.41. The maximum Gasteiger partial charge on any atom is 0.231 e. The van der Waals surface area contributed by atoms with Gasteiger partial charge in [0.05, 0.1) is 17.9 Å². The van der Waals surface area contributed by atoms with Gasteiger partial charge < -0.3 is 9.26 Å². The number of hydrogen-bond acceptors (Lipinski definition) is 5. The lowest BCUT2D eigenvalue weighted by atomic mass is 9.84. The van der Waals surface area contributed by atoms with Gasteiger partial charge in [-0.1, -0.05) is 24.4 Å². The van der Waals surface area contributed by atoms with Crippen LogP contribution >= 0.6 is 0 Å². The molecule has 2 aliphatic carbocycles. The fourth-order valence-corrected chi connectivity index (χ4v) is 2.82. The molecule has 2 saturated carbocycles. The average Bonchev–Trinajstić information content (AvgIpc) is 3.06. The summed E-state index contributed by atoms with van der Waals surface area (Å²) in [6, 6.07) is 2.24. The maximum atomic E-state index is 8.83. The Morgan fingerprint density at radius 1 is 1.39 bits per heavy atom. The first-order chi connectivity index (χ1) is 8.79. The average molecular weight is 247 g/mol. The first-order valence-corrected chi connectivity index (χ1v) is 6.58. The Bertz CT molecular complexity index is 471. The second-order valence-corrected chi connectivity index (χ2v) is 5.29. The molecule has 0 radical (unpaired) electrons. The summed E-state index contributed by atoms with van der Waals surface area (Å²) >= 11 is 0. The van der Waals surface area contributed by atoms with Crippen molar-refractivity contribution in [1.29, 1.82) is 5.26 Å². The molecule has 0 aliphatic heterocycles. The van der Waals surface area contributed by atoms with Crippen LogP contribution in [0.4, 0.5) is 0 Å². The van der Waals surface area contributed by atoms with Crippen molar-refractivity contribution in [3.8, 4) is 6.07 Å². The number of nitriles is 1. The molecule has 2 fully saturated rings. The summed E-state index contributed by atoms with van der Waals surface area (Å²) in [6.07, 6.45) is 6.28. The third kappa shape index (κ3) is 1.81. The highest BCUT2D eigenvalue weighted by molar-refractivity contribution is 5.16. The zero-order valence-electron chi connectivity index (χ0n) is 10.6. The van der Waals surface area contributed by atoms with Crippen molar-refractivity contribution in [3.63, 3.8) is 0 Å². The number of ether oxygens (including phenoxy) is 1. The molecule has 5 heteroatoms. The number of nitrogens with zero attached hydrogens (tertiary/aromatic N) is 3. The van der Waals surface area contributed by atoms with Crippen LogP contribution in [0.25, 0.3) is 0 Å². The monoisotopic (exact) mass is 247 g/mol. The SMILES string of the molecule is COC1(c2noc(C3CC3C#N)n2)CCCCC1. The lowest BCUT2D eigenvalue weighted by Crippen LogP contribution is -2.32. The third-order valence-corrected chi connectivity index (χ3v) is 4.17. The largest absolute Gasteiger partial charge is 0.370 e. The Labute approximate surface area is 106 Å². The van der Waals surface area contributed by atoms with E-state index in [0.29, 0.717) is 11.7 Å². The van der Waals surface area contributed by atoms with E-state index < -0.39 is 0 Å². The first kappa shape index (κ1) is 11.7. The van der Waals surface area contributed by atoms with Crippen molar-refractivity contribution in [3.05, 3.63) is 11.7 Å². The van der Waals surface area contributed by atoms with Gasteiger partial charge >= 0.3 is 0 Å². The summed E-state index contributed by atoms with van der Waals surface area (Å²) in [5, 5.41) is 12.9.